The molecule has 0 aliphatic carbocycles. The summed E-state index contributed by atoms with van der Waals surface area (Å²) in [7, 11) is 0. The van der Waals surface area contributed by atoms with Gasteiger partial charge in [0.15, 0.2) is 0 Å². The molecule has 0 aliphatic rings. The Balaban J connectivity index is 1.83. The van der Waals surface area contributed by atoms with E-state index in [0.717, 1.165) is 22.5 Å². The molecular formula is C16H15ClN2S. The van der Waals surface area contributed by atoms with Gasteiger partial charge >= 0.3 is 0 Å². The van der Waals surface area contributed by atoms with Crippen molar-refractivity contribution in [3.05, 3.63) is 63.4 Å². The van der Waals surface area contributed by atoms with Crippen LogP contribution in [0.2, 0.25) is 5.02 Å². The van der Waals surface area contributed by atoms with Crippen LogP contribution in [-0.4, -0.2) is 4.98 Å². The molecule has 1 N–H and O–H groups in total. The lowest BCUT2D eigenvalue weighted by atomic mass is 10.1. The van der Waals surface area contributed by atoms with Crippen molar-refractivity contribution in [1.82, 2.24) is 10.3 Å². The van der Waals surface area contributed by atoms with Gasteiger partial charge < -0.3 is 5.32 Å². The molecule has 0 radical (unpaired) electrons. The maximum absolute atomic E-state index is 6.21. The highest BCUT2D eigenvalue weighted by atomic mass is 35.5. The van der Waals surface area contributed by atoms with Gasteiger partial charge in [0.2, 0.25) is 0 Å². The minimum Gasteiger partial charge on any atom is -0.305 e. The van der Waals surface area contributed by atoms with Crippen molar-refractivity contribution in [3.8, 4) is 0 Å². The molecule has 3 rings (SSSR count). The number of hydrogen-bond donors (Lipinski definition) is 1. The molecule has 2 nitrogen and oxygen atoms in total. The van der Waals surface area contributed by atoms with Crippen LogP contribution < -0.4 is 5.32 Å². The minimum absolute atomic E-state index is 0.337. The van der Waals surface area contributed by atoms with Crippen molar-refractivity contribution in [3.63, 3.8) is 0 Å². The van der Waals surface area contributed by atoms with Crippen molar-refractivity contribution in [2.24, 2.45) is 0 Å². The highest BCUT2D eigenvalue weighted by molar-refractivity contribution is 7.10. The molecule has 0 saturated carbocycles. The number of fused-ring (bicyclic) bond motifs is 1. The van der Waals surface area contributed by atoms with E-state index in [1.807, 2.05) is 30.5 Å². The van der Waals surface area contributed by atoms with Crippen molar-refractivity contribution < 1.29 is 0 Å². The minimum atomic E-state index is 0.337. The fourth-order valence-corrected chi connectivity index (χ4v) is 3.21. The van der Waals surface area contributed by atoms with E-state index in [4.69, 9.17) is 11.6 Å². The van der Waals surface area contributed by atoms with E-state index in [1.165, 1.54) is 10.4 Å². The Morgan fingerprint density at radius 2 is 2.15 bits per heavy atom. The van der Waals surface area contributed by atoms with Gasteiger partial charge in [-0.15, -0.1) is 11.3 Å². The van der Waals surface area contributed by atoms with Crippen LogP contribution in [0.3, 0.4) is 0 Å². The van der Waals surface area contributed by atoms with Gasteiger partial charge in [-0.05, 0) is 42.1 Å². The van der Waals surface area contributed by atoms with Gasteiger partial charge in [0.05, 0.1) is 5.52 Å². The van der Waals surface area contributed by atoms with Crippen molar-refractivity contribution in [1.29, 1.82) is 0 Å². The second-order valence-electron chi connectivity index (χ2n) is 4.72. The third kappa shape index (κ3) is 2.70. The molecule has 1 aromatic carbocycles. The van der Waals surface area contributed by atoms with Crippen molar-refractivity contribution in [2.75, 3.05) is 0 Å². The topological polar surface area (TPSA) is 24.9 Å². The summed E-state index contributed by atoms with van der Waals surface area (Å²) >= 11 is 7.99. The maximum Gasteiger partial charge on any atom is 0.0761 e. The van der Waals surface area contributed by atoms with Gasteiger partial charge in [-0.3, -0.25) is 4.98 Å². The number of nitrogens with zero attached hydrogens (tertiary/aromatic N) is 1. The van der Waals surface area contributed by atoms with E-state index in [1.54, 1.807) is 11.3 Å². The summed E-state index contributed by atoms with van der Waals surface area (Å²) in [4.78, 5) is 5.80. The normalized spacial score (nSPS) is 12.7. The van der Waals surface area contributed by atoms with Gasteiger partial charge in [0.25, 0.3) is 0 Å². The zero-order valence-corrected chi connectivity index (χ0v) is 12.7. The highest BCUT2D eigenvalue weighted by Crippen LogP contribution is 2.25. The van der Waals surface area contributed by atoms with Crippen LogP contribution in [0.1, 0.15) is 23.4 Å². The largest absolute Gasteiger partial charge is 0.305 e. The van der Waals surface area contributed by atoms with Crippen LogP contribution in [0, 0.1) is 0 Å². The number of nitrogens with one attached hydrogen (secondary N) is 1. The molecule has 0 spiro atoms. The van der Waals surface area contributed by atoms with Crippen LogP contribution in [0.25, 0.3) is 10.9 Å². The second kappa shape index (κ2) is 5.92. The molecule has 4 heteroatoms. The van der Waals surface area contributed by atoms with E-state index in [2.05, 4.69) is 34.7 Å². The molecule has 1 atom stereocenters. The summed E-state index contributed by atoms with van der Waals surface area (Å²) in [6.07, 6.45) is 1.81. The number of rotatable bonds is 4. The van der Waals surface area contributed by atoms with Crippen LogP contribution in [0.15, 0.2) is 48.0 Å². The molecule has 0 fully saturated rings. The summed E-state index contributed by atoms with van der Waals surface area (Å²) in [5, 5.41) is 7.41. The third-order valence-corrected chi connectivity index (χ3v) is 4.75. The number of halogens is 1. The Morgan fingerprint density at radius 3 is 2.95 bits per heavy atom. The first-order valence-electron chi connectivity index (χ1n) is 6.54. The predicted molar refractivity (Wildman–Crippen MR) is 86.3 cm³/mol. The van der Waals surface area contributed by atoms with Crippen LogP contribution in [0.5, 0.6) is 0 Å². The number of benzene rings is 1. The summed E-state index contributed by atoms with van der Waals surface area (Å²) < 4.78 is 0. The lowest BCUT2D eigenvalue weighted by Gasteiger charge is -2.13. The number of aromatic nitrogens is 1. The Hall–Kier alpha value is -1.42. The van der Waals surface area contributed by atoms with E-state index in [0.29, 0.717) is 6.04 Å². The van der Waals surface area contributed by atoms with Gasteiger partial charge in [0, 0.05) is 34.1 Å². The molecule has 0 saturated heterocycles. The van der Waals surface area contributed by atoms with Gasteiger partial charge in [0.1, 0.15) is 0 Å². The van der Waals surface area contributed by atoms with Crippen molar-refractivity contribution in [2.45, 2.75) is 19.5 Å². The van der Waals surface area contributed by atoms with E-state index < -0.39 is 0 Å². The molecule has 0 amide bonds. The number of pyridine rings is 1. The summed E-state index contributed by atoms with van der Waals surface area (Å²) in [5.74, 6) is 0. The third-order valence-electron chi connectivity index (χ3n) is 3.37. The van der Waals surface area contributed by atoms with E-state index in [-0.39, 0.29) is 0 Å². The van der Waals surface area contributed by atoms with Crippen LogP contribution in [0.4, 0.5) is 0 Å². The molecule has 0 bridgehead atoms. The lowest BCUT2D eigenvalue weighted by Crippen LogP contribution is -2.17. The quantitative estimate of drug-likeness (QED) is 0.749. The molecule has 0 aliphatic heterocycles. The average molecular weight is 303 g/mol. The molecule has 0 unspecified atom stereocenters. The van der Waals surface area contributed by atoms with Crippen LogP contribution in [-0.2, 0) is 6.54 Å². The van der Waals surface area contributed by atoms with Gasteiger partial charge in [-0.2, -0.15) is 0 Å². The van der Waals surface area contributed by atoms with E-state index in [9.17, 15) is 0 Å². The smallest absolute Gasteiger partial charge is 0.0761 e. The number of thiophene rings is 1. The zero-order chi connectivity index (χ0) is 13.9. The number of hydrogen-bond acceptors (Lipinski definition) is 3. The average Bonchev–Trinajstić information content (AvgIpc) is 3.01. The molecule has 2 aromatic heterocycles. The molecule has 20 heavy (non-hydrogen) atoms. The Bertz CT molecular complexity index is 710. The Kier molecular flexibility index (Phi) is 4.01. The molecular weight excluding hydrogens is 288 g/mol. The summed E-state index contributed by atoms with van der Waals surface area (Å²) in [5.41, 5.74) is 2.15. The zero-order valence-electron chi connectivity index (χ0n) is 11.1. The monoisotopic (exact) mass is 302 g/mol. The predicted octanol–water partition coefficient (Wildman–Crippen LogP) is 4.80. The van der Waals surface area contributed by atoms with Gasteiger partial charge in [-0.25, -0.2) is 0 Å². The molecule has 102 valence electrons. The maximum atomic E-state index is 6.21. The fraction of sp³-hybridized carbons (Fsp3) is 0.188. The summed E-state index contributed by atoms with van der Waals surface area (Å²) in [6.45, 7) is 2.96. The first-order chi connectivity index (χ1) is 9.75. The van der Waals surface area contributed by atoms with Crippen molar-refractivity contribution >= 4 is 33.8 Å². The first-order valence-corrected chi connectivity index (χ1v) is 7.80. The van der Waals surface area contributed by atoms with Gasteiger partial charge in [-0.1, -0.05) is 23.7 Å². The van der Waals surface area contributed by atoms with E-state index >= 15 is 0 Å². The molecule has 3 aromatic rings. The lowest BCUT2D eigenvalue weighted by molar-refractivity contribution is 0.584. The molecule has 2 heterocycles. The standard InChI is InChI=1S/C16H15ClN2S/c1-11(15-5-3-9-20-15)19-10-12-6-7-14(17)13-4-2-8-18-16(12)13/h2-9,11,19H,10H2,1H3/t11-/m1/s1. The highest BCUT2D eigenvalue weighted by Gasteiger charge is 2.09. The Morgan fingerprint density at radius 1 is 1.25 bits per heavy atom. The Labute approximate surface area is 127 Å². The SMILES string of the molecule is C[C@@H](NCc1ccc(Cl)c2cccnc12)c1cccs1. The fourth-order valence-electron chi connectivity index (χ4n) is 2.24. The summed E-state index contributed by atoms with van der Waals surface area (Å²) in [6, 6.07) is 12.5. The van der Waals surface area contributed by atoms with Crippen LogP contribution >= 0.6 is 22.9 Å². The second-order valence-corrected chi connectivity index (χ2v) is 6.11. The first kappa shape index (κ1) is 13.6.